The number of aryl methyl sites for hydroxylation is 1. The van der Waals surface area contributed by atoms with E-state index >= 15 is 0 Å². The van der Waals surface area contributed by atoms with Crippen LogP contribution >= 0.6 is 12.4 Å². The van der Waals surface area contributed by atoms with Gasteiger partial charge in [-0.1, -0.05) is 29.8 Å². The van der Waals surface area contributed by atoms with Gasteiger partial charge in [0.25, 0.3) is 5.91 Å². The number of hydrogen-bond acceptors (Lipinski definition) is 4. The molecule has 0 saturated carbocycles. The fourth-order valence-electron chi connectivity index (χ4n) is 3.27. The average molecular weight is 369 g/mol. The highest BCUT2D eigenvalue weighted by Gasteiger charge is 2.29. The highest BCUT2D eigenvalue weighted by molar-refractivity contribution is 5.85. The molecule has 0 radical (unpaired) electrons. The molecule has 2 heterocycles. The minimum atomic E-state index is -0.363. The molecule has 2 fully saturated rings. The van der Waals surface area contributed by atoms with E-state index in [1.807, 2.05) is 4.90 Å². The predicted molar refractivity (Wildman–Crippen MR) is 100 cm³/mol. The van der Waals surface area contributed by atoms with Crippen LogP contribution in [-0.4, -0.2) is 62.4 Å². The van der Waals surface area contributed by atoms with Gasteiger partial charge in [-0.05, 0) is 31.7 Å². The fraction of sp³-hybridized carbons (Fsp3) is 0.632. The normalized spacial score (nSPS) is 23.1. The van der Waals surface area contributed by atoms with Gasteiger partial charge in [0.1, 0.15) is 6.10 Å². The van der Waals surface area contributed by atoms with Crippen molar-refractivity contribution >= 4 is 18.3 Å². The van der Waals surface area contributed by atoms with Gasteiger partial charge in [-0.3, -0.25) is 4.79 Å². The summed E-state index contributed by atoms with van der Waals surface area (Å²) in [6.45, 7) is 6.30. The van der Waals surface area contributed by atoms with Gasteiger partial charge in [-0.25, -0.2) is 0 Å². The molecule has 140 valence electrons. The Morgan fingerprint density at radius 2 is 2.04 bits per heavy atom. The van der Waals surface area contributed by atoms with E-state index in [0.717, 1.165) is 32.4 Å². The van der Waals surface area contributed by atoms with Gasteiger partial charge >= 0.3 is 0 Å². The largest absolute Gasteiger partial charge is 0.376 e. The summed E-state index contributed by atoms with van der Waals surface area (Å²) in [7, 11) is 0. The third-order valence-electron chi connectivity index (χ3n) is 4.75. The summed E-state index contributed by atoms with van der Waals surface area (Å²) in [5.74, 6) is 0.0878. The summed E-state index contributed by atoms with van der Waals surface area (Å²) in [4.78, 5) is 14.8. The van der Waals surface area contributed by atoms with Crippen molar-refractivity contribution < 1.29 is 14.3 Å². The number of halogens is 1. The van der Waals surface area contributed by atoms with Gasteiger partial charge in [0, 0.05) is 32.8 Å². The number of benzene rings is 1. The molecule has 1 aromatic carbocycles. The van der Waals surface area contributed by atoms with E-state index in [0.29, 0.717) is 26.2 Å². The van der Waals surface area contributed by atoms with Crippen LogP contribution in [-0.2, 0) is 20.7 Å². The van der Waals surface area contributed by atoms with Crippen molar-refractivity contribution in [1.29, 1.82) is 0 Å². The first kappa shape index (κ1) is 20.2. The first-order valence-electron chi connectivity index (χ1n) is 9.00. The van der Waals surface area contributed by atoms with Crippen molar-refractivity contribution in [3.63, 3.8) is 0 Å². The van der Waals surface area contributed by atoms with Crippen LogP contribution in [0.2, 0.25) is 0 Å². The van der Waals surface area contributed by atoms with E-state index in [-0.39, 0.29) is 30.5 Å². The standard InChI is InChI=1S/C19H28N2O3.ClH/c1-15-4-6-16(7-5-15)8-10-21(14-17-3-2-11-23-17)19(22)18-13-20-9-12-24-18;/h4-7,17-18,20H,2-3,8-14H2,1H3;1H. The van der Waals surface area contributed by atoms with E-state index in [2.05, 4.69) is 36.5 Å². The SMILES string of the molecule is Cc1ccc(CCN(CC2CCCO2)C(=O)C2CNCCO2)cc1.Cl. The molecule has 2 atom stereocenters. The molecule has 1 N–H and O–H groups in total. The lowest BCUT2D eigenvalue weighted by molar-refractivity contribution is -0.146. The van der Waals surface area contributed by atoms with Gasteiger partial charge in [-0.2, -0.15) is 0 Å². The molecule has 2 aliphatic heterocycles. The fourth-order valence-corrected chi connectivity index (χ4v) is 3.27. The van der Waals surface area contributed by atoms with Crippen molar-refractivity contribution in [3.8, 4) is 0 Å². The molecular weight excluding hydrogens is 340 g/mol. The number of morpholine rings is 1. The summed E-state index contributed by atoms with van der Waals surface area (Å²) in [5.41, 5.74) is 2.51. The molecule has 0 aliphatic carbocycles. The molecule has 2 saturated heterocycles. The van der Waals surface area contributed by atoms with Gasteiger partial charge < -0.3 is 19.7 Å². The van der Waals surface area contributed by atoms with Crippen LogP contribution in [0.25, 0.3) is 0 Å². The molecule has 2 unspecified atom stereocenters. The van der Waals surface area contributed by atoms with E-state index < -0.39 is 0 Å². The third-order valence-corrected chi connectivity index (χ3v) is 4.75. The number of carbonyl (C=O) groups excluding carboxylic acids is 1. The van der Waals surface area contributed by atoms with Gasteiger partial charge in [-0.15, -0.1) is 12.4 Å². The van der Waals surface area contributed by atoms with Crippen LogP contribution < -0.4 is 5.32 Å². The highest BCUT2D eigenvalue weighted by Crippen LogP contribution is 2.15. The second kappa shape index (κ2) is 10.1. The van der Waals surface area contributed by atoms with Crippen LogP contribution in [0.15, 0.2) is 24.3 Å². The predicted octanol–water partition coefficient (Wildman–Crippen LogP) is 1.96. The van der Waals surface area contributed by atoms with E-state index in [1.165, 1.54) is 11.1 Å². The Balaban J connectivity index is 0.00000225. The summed E-state index contributed by atoms with van der Waals surface area (Å²) >= 11 is 0. The van der Waals surface area contributed by atoms with Gasteiger partial charge in [0.2, 0.25) is 0 Å². The lowest BCUT2D eigenvalue weighted by Crippen LogP contribution is -2.51. The summed E-state index contributed by atoms with van der Waals surface area (Å²) < 4.78 is 11.4. The molecule has 0 spiro atoms. The summed E-state index contributed by atoms with van der Waals surface area (Å²) in [5, 5.41) is 3.24. The van der Waals surface area contributed by atoms with Crippen molar-refractivity contribution in [1.82, 2.24) is 10.2 Å². The minimum Gasteiger partial charge on any atom is -0.376 e. The molecular formula is C19H29ClN2O3. The van der Waals surface area contributed by atoms with Crippen molar-refractivity contribution in [2.45, 2.75) is 38.4 Å². The van der Waals surface area contributed by atoms with Crippen molar-refractivity contribution in [2.24, 2.45) is 0 Å². The Hall–Kier alpha value is -1.14. The Kier molecular flexibility index (Phi) is 8.16. The molecule has 3 rings (SSSR count). The van der Waals surface area contributed by atoms with Crippen LogP contribution in [0, 0.1) is 6.92 Å². The van der Waals surface area contributed by atoms with Crippen molar-refractivity contribution in [2.75, 3.05) is 39.4 Å². The number of hydrogen-bond donors (Lipinski definition) is 1. The van der Waals surface area contributed by atoms with Crippen LogP contribution in [0.5, 0.6) is 0 Å². The molecule has 0 aromatic heterocycles. The molecule has 5 nitrogen and oxygen atoms in total. The molecule has 2 aliphatic rings. The average Bonchev–Trinajstić information content (AvgIpc) is 3.13. The van der Waals surface area contributed by atoms with Crippen LogP contribution in [0.1, 0.15) is 24.0 Å². The third kappa shape index (κ3) is 5.96. The number of ether oxygens (including phenoxy) is 2. The number of carbonyl (C=O) groups is 1. The van der Waals surface area contributed by atoms with Crippen LogP contribution in [0.4, 0.5) is 0 Å². The van der Waals surface area contributed by atoms with Gasteiger partial charge in [0.15, 0.2) is 0 Å². The first-order valence-corrected chi connectivity index (χ1v) is 9.00. The maximum absolute atomic E-state index is 12.9. The molecule has 1 amide bonds. The maximum Gasteiger partial charge on any atom is 0.253 e. The number of nitrogens with one attached hydrogen (secondary N) is 1. The Morgan fingerprint density at radius 1 is 1.24 bits per heavy atom. The topological polar surface area (TPSA) is 50.8 Å². The minimum absolute atomic E-state index is 0. The lowest BCUT2D eigenvalue weighted by Gasteiger charge is -2.31. The first-order chi connectivity index (χ1) is 11.7. The summed E-state index contributed by atoms with van der Waals surface area (Å²) in [6.07, 6.45) is 2.80. The molecule has 1 aromatic rings. The monoisotopic (exact) mass is 368 g/mol. The maximum atomic E-state index is 12.9. The second-order valence-corrected chi connectivity index (χ2v) is 6.72. The Bertz CT molecular complexity index is 526. The van der Waals surface area contributed by atoms with Crippen LogP contribution in [0.3, 0.4) is 0 Å². The number of rotatable bonds is 6. The van der Waals surface area contributed by atoms with Crippen molar-refractivity contribution in [3.05, 3.63) is 35.4 Å². The van der Waals surface area contributed by atoms with E-state index in [9.17, 15) is 4.79 Å². The zero-order chi connectivity index (χ0) is 16.8. The lowest BCUT2D eigenvalue weighted by atomic mass is 10.1. The van der Waals surface area contributed by atoms with Gasteiger partial charge in [0.05, 0.1) is 12.7 Å². The number of amides is 1. The second-order valence-electron chi connectivity index (χ2n) is 6.72. The smallest absolute Gasteiger partial charge is 0.253 e. The van der Waals surface area contributed by atoms with E-state index in [4.69, 9.17) is 9.47 Å². The Labute approximate surface area is 156 Å². The summed E-state index contributed by atoms with van der Waals surface area (Å²) in [6, 6.07) is 8.52. The zero-order valence-electron chi connectivity index (χ0n) is 14.9. The molecule has 25 heavy (non-hydrogen) atoms. The quantitative estimate of drug-likeness (QED) is 0.834. The number of nitrogens with zero attached hydrogens (tertiary/aromatic N) is 1. The highest BCUT2D eigenvalue weighted by atomic mass is 35.5. The van der Waals surface area contributed by atoms with E-state index in [1.54, 1.807) is 0 Å². The zero-order valence-corrected chi connectivity index (χ0v) is 15.7. The molecule has 0 bridgehead atoms. The molecule has 6 heteroatoms. The Morgan fingerprint density at radius 3 is 2.68 bits per heavy atom.